The summed E-state index contributed by atoms with van der Waals surface area (Å²) in [5, 5.41) is 18.3. The van der Waals surface area contributed by atoms with Crippen LogP contribution in [0.4, 0.5) is 0 Å². The van der Waals surface area contributed by atoms with Crippen LogP contribution < -0.4 is 0 Å². The van der Waals surface area contributed by atoms with E-state index >= 15 is 0 Å². The lowest BCUT2D eigenvalue weighted by atomic mass is 9.93. The standard InChI is InChI=1S/C9H13NO3/c1-12-9-2-5-6(4-10)7(11)3-8(5)13-9/h5-9,11H,2-3H2,1H3/t5-,6?,7+,8+,9+/m1/s1. The summed E-state index contributed by atoms with van der Waals surface area (Å²) in [6.07, 6.45) is 0.625. The number of aliphatic hydroxyl groups is 1. The lowest BCUT2D eigenvalue weighted by Crippen LogP contribution is -2.19. The number of aliphatic hydroxyl groups excluding tert-OH is 1. The maximum absolute atomic E-state index is 9.51. The van der Waals surface area contributed by atoms with Gasteiger partial charge >= 0.3 is 0 Å². The molecule has 1 aliphatic heterocycles. The van der Waals surface area contributed by atoms with Crippen molar-refractivity contribution in [2.45, 2.75) is 31.3 Å². The lowest BCUT2D eigenvalue weighted by Gasteiger charge is -2.12. The second kappa shape index (κ2) is 3.26. The fourth-order valence-corrected chi connectivity index (χ4v) is 2.34. The van der Waals surface area contributed by atoms with E-state index in [1.807, 2.05) is 0 Å². The van der Waals surface area contributed by atoms with Crippen LogP contribution in [-0.2, 0) is 9.47 Å². The van der Waals surface area contributed by atoms with Gasteiger partial charge in [-0.1, -0.05) is 0 Å². The van der Waals surface area contributed by atoms with Gasteiger partial charge in [-0.25, -0.2) is 0 Å². The highest BCUT2D eigenvalue weighted by atomic mass is 16.7. The highest BCUT2D eigenvalue weighted by molar-refractivity contribution is 5.04. The normalized spacial score (nSPS) is 48.8. The molecule has 0 spiro atoms. The minimum Gasteiger partial charge on any atom is -0.392 e. The molecule has 5 atom stereocenters. The predicted molar refractivity (Wildman–Crippen MR) is 43.5 cm³/mol. The average Bonchev–Trinajstić information content (AvgIpc) is 2.60. The fraction of sp³-hybridized carbons (Fsp3) is 0.889. The van der Waals surface area contributed by atoms with Crippen LogP contribution in [0.2, 0.25) is 0 Å². The van der Waals surface area contributed by atoms with E-state index in [9.17, 15) is 5.11 Å². The SMILES string of the molecule is CO[C@@H]1C[C@@H]2C(C#N)[C@@H](O)C[C@@H]2O1. The van der Waals surface area contributed by atoms with E-state index in [4.69, 9.17) is 14.7 Å². The highest BCUT2D eigenvalue weighted by Gasteiger charge is 2.49. The molecule has 1 aliphatic carbocycles. The Bertz CT molecular complexity index is 238. The summed E-state index contributed by atoms with van der Waals surface area (Å²) in [6, 6.07) is 2.14. The number of ether oxygens (including phenoxy) is 2. The van der Waals surface area contributed by atoms with Crippen molar-refractivity contribution in [2.24, 2.45) is 11.8 Å². The molecular formula is C9H13NO3. The van der Waals surface area contributed by atoms with Gasteiger partial charge in [-0.3, -0.25) is 0 Å². The van der Waals surface area contributed by atoms with Gasteiger partial charge in [0.15, 0.2) is 6.29 Å². The molecule has 1 N–H and O–H groups in total. The van der Waals surface area contributed by atoms with Crippen LogP contribution in [0.15, 0.2) is 0 Å². The molecule has 2 rings (SSSR count). The Morgan fingerprint density at radius 1 is 1.54 bits per heavy atom. The molecule has 4 heteroatoms. The third-order valence-corrected chi connectivity index (χ3v) is 3.03. The number of rotatable bonds is 1. The molecule has 2 fully saturated rings. The van der Waals surface area contributed by atoms with E-state index in [0.717, 1.165) is 6.42 Å². The van der Waals surface area contributed by atoms with Crippen LogP contribution in [0, 0.1) is 23.2 Å². The molecule has 1 unspecified atom stereocenters. The van der Waals surface area contributed by atoms with Gasteiger partial charge in [0.2, 0.25) is 0 Å². The van der Waals surface area contributed by atoms with Crippen molar-refractivity contribution in [1.82, 2.24) is 0 Å². The third kappa shape index (κ3) is 1.33. The first-order chi connectivity index (χ1) is 6.26. The Labute approximate surface area is 77.1 Å². The average molecular weight is 183 g/mol. The Balaban J connectivity index is 2.07. The minimum absolute atomic E-state index is 0.0181. The number of hydrogen-bond donors (Lipinski definition) is 1. The van der Waals surface area contributed by atoms with Crippen molar-refractivity contribution in [2.75, 3.05) is 7.11 Å². The van der Waals surface area contributed by atoms with Crippen molar-refractivity contribution in [3.8, 4) is 6.07 Å². The number of nitrogens with zero attached hydrogens (tertiary/aromatic N) is 1. The van der Waals surface area contributed by atoms with Crippen LogP contribution in [0.25, 0.3) is 0 Å². The first-order valence-corrected chi connectivity index (χ1v) is 4.52. The summed E-state index contributed by atoms with van der Waals surface area (Å²) in [6.45, 7) is 0. The minimum atomic E-state index is -0.516. The largest absolute Gasteiger partial charge is 0.392 e. The van der Waals surface area contributed by atoms with Crippen LogP contribution in [0.1, 0.15) is 12.8 Å². The van der Waals surface area contributed by atoms with Crippen molar-refractivity contribution >= 4 is 0 Å². The molecule has 0 radical (unpaired) electrons. The molecule has 13 heavy (non-hydrogen) atoms. The van der Waals surface area contributed by atoms with E-state index in [-0.39, 0.29) is 24.2 Å². The molecule has 0 aromatic rings. The Hall–Kier alpha value is -0.630. The van der Waals surface area contributed by atoms with Gasteiger partial charge in [0.05, 0.1) is 24.2 Å². The van der Waals surface area contributed by atoms with Gasteiger partial charge in [0, 0.05) is 25.9 Å². The summed E-state index contributed by atoms with van der Waals surface area (Å²) in [5.74, 6) is -0.116. The van der Waals surface area contributed by atoms with E-state index in [1.165, 1.54) is 0 Å². The number of nitriles is 1. The molecule has 0 aromatic carbocycles. The molecule has 0 bridgehead atoms. The van der Waals surface area contributed by atoms with Crippen LogP contribution in [0.3, 0.4) is 0 Å². The third-order valence-electron chi connectivity index (χ3n) is 3.03. The van der Waals surface area contributed by atoms with Crippen LogP contribution in [0.5, 0.6) is 0 Å². The molecule has 0 amide bonds. The first kappa shape index (κ1) is 8.95. The topological polar surface area (TPSA) is 62.5 Å². The second-order valence-corrected chi connectivity index (χ2v) is 3.70. The summed E-state index contributed by atoms with van der Waals surface area (Å²) < 4.78 is 10.6. The zero-order valence-corrected chi connectivity index (χ0v) is 7.51. The molecule has 72 valence electrons. The first-order valence-electron chi connectivity index (χ1n) is 4.52. The zero-order chi connectivity index (χ0) is 9.42. The zero-order valence-electron chi connectivity index (χ0n) is 7.51. The van der Waals surface area contributed by atoms with Crippen molar-refractivity contribution in [3.63, 3.8) is 0 Å². The summed E-state index contributed by atoms with van der Waals surface area (Å²) in [4.78, 5) is 0. The fourth-order valence-electron chi connectivity index (χ4n) is 2.34. The highest BCUT2D eigenvalue weighted by Crippen LogP contribution is 2.42. The van der Waals surface area contributed by atoms with Gasteiger partial charge in [-0.2, -0.15) is 5.26 Å². The summed E-state index contributed by atoms with van der Waals surface area (Å²) in [7, 11) is 1.60. The molecule has 4 nitrogen and oxygen atoms in total. The van der Waals surface area contributed by atoms with Crippen molar-refractivity contribution in [1.29, 1.82) is 5.26 Å². The van der Waals surface area contributed by atoms with E-state index in [2.05, 4.69) is 6.07 Å². The Kier molecular flexibility index (Phi) is 2.24. The smallest absolute Gasteiger partial charge is 0.157 e. The van der Waals surface area contributed by atoms with Gasteiger partial charge in [-0.05, 0) is 0 Å². The lowest BCUT2D eigenvalue weighted by molar-refractivity contribution is -0.118. The molecule has 1 saturated carbocycles. The quantitative estimate of drug-likeness (QED) is 0.633. The Morgan fingerprint density at radius 3 is 2.92 bits per heavy atom. The van der Waals surface area contributed by atoms with Gasteiger partial charge in [0.25, 0.3) is 0 Å². The van der Waals surface area contributed by atoms with E-state index in [1.54, 1.807) is 7.11 Å². The van der Waals surface area contributed by atoms with Crippen molar-refractivity contribution < 1.29 is 14.6 Å². The number of hydrogen-bond acceptors (Lipinski definition) is 4. The maximum Gasteiger partial charge on any atom is 0.157 e. The van der Waals surface area contributed by atoms with Crippen LogP contribution >= 0.6 is 0 Å². The van der Waals surface area contributed by atoms with Crippen LogP contribution in [-0.4, -0.2) is 30.7 Å². The monoisotopic (exact) mass is 183 g/mol. The molecule has 1 heterocycles. The van der Waals surface area contributed by atoms with Gasteiger partial charge < -0.3 is 14.6 Å². The summed E-state index contributed by atoms with van der Waals surface area (Å²) in [5.41, 5.74) is 0. The van der Waals surface area contributed by atoms with Gasteiger partial charge in [-0.15, -0.1) is 0 Å². The second-order valence-electron chi connectivity index (χ2n) is 3.70. The van der Waals surface area contributed by atoms with E-state index < -0.39 is 6.10 Å². The molecule has 2 aliphatic rings. The number of methoxy groups -OCH3 is 1. The summed E-state index contributed by atoms with van der Waals surface area (Å²) >= 11 is 0. The molecule has 0 aromatic heterocycles. The Morgan fingerprint density at radius 2 is 2.31 bits per heavy atom. The maximum atomic E-state index is 9.51. The number of fused-ring (bicyclic) bond motifs is 1. The molecular weight excluding hydrogens is 170 g/mol. The molecule has 1 saturated heterocycles. The van der Waals surface area contributed by atoms with E-state index in [0.29, 0.717) is 6.42 Å². The van der Waals surface area contributed by atoms with Gasteiger partial charge in [0.1, 0.15) is 0 Å². The van der Waals surface area contributed by atoms with Crippen molar-refractivity contribution in [3.05, 3.63) is 0 Å². The predicted octanol–water partition coefficient (Wildman–Crippen LogP) is 0.268.